The zero-order valence-electron chi connectivity index (χ0n) is 44.0. The predicted octanol–water partition coefficient (Wildman–Crippen LogP) is 18.1. The van der Waals surface area contributed by atoms with E-state index in [2.05, 4.69) is 31.3 Å². The number of carbonyl (C=O) groups is 2. The Morgan fingerprint density at radius 3 is 1.09 bits per heavy atom. The first-order valence-corrected chi connectivity index (χ1v) is 29.4. The van der Waals surface area contributed by atoms with Crippen LogP contribution in [0.1, 0.15) is 328 Å². The highest BCUT2D eigenvalue weighted by Gasteiger charge is 2.20. The molecule has 65 heavy (non-hydrogen) atoms. The molecule has 0 aromatic rings. The number of hydrogen-bond donors (Lipinski definition) is 3. The van der Waals surface area contributed by atoms with E-state index in [9.17, 15) is 19.8 Å². The van der Waals surface area contributed by atoms with E-state index in [1.54, 1.807) is 0 Å². The molecule has 0 saturated heterocycles. The van der Waals surface area contributed by atoms with Gasteiger partial charge in [-0.1, -0.05) is 276 Å². The summed E-state index contributed by atoms with van der Waals surface area (Å²) in [4.78, 5) is 24.5. The summed E-state index contributed by atoms with van der Waals surface area (Å²) in [6, 6.07) is -0.540. The number of rotatable bonds is 55. The summed E-state index contributed by atoms with van der Waals surface area (Å²) in [7, 11) is 0. The molecule has 0 aromatic carbocycles. The Hall–Kier alpha value is -1.40. The summed E-state index contributed by atoms with van der Waals surface area (Å²) in [5.74, 6) is -0.0274. The van der Waals surface area contributed by atoms with Gasteiger partial charge < -0.3 is 20.3 Å². The zero-order chi connectivity index (χ0) is 47.2. The summed E-state index contributed by atoms with van der Waals surface area (Å²) in [5, 5.41) is 23.1. The molecular weight excluding hydrogens is 803 g/mol. The predicted molar refractivity (Wildman–Crippen MR) is 283 cm³/mol. The average Bonchev–Trinajstić information content (AvgIpc) is 3.31. The van der Waals surface area contributed by atoms with Crippen LogP contribution in [0.5, 0.6) is 0 Å². The summed E-state index contributed by atoms with van der Waals surface area (Å²) in [5.41, 5.74) is 0. The minimum atomic E-state index is -0.662. The van der Waals surface area contributed by atoms with Crippen LogP contribution in [-0.4, -0.2) is 47.4 Å². The van der Waals surface area contributed by atoms with E-state index in [1.807, 2.05) is 0 Å². The fourth-order valence-corrected chi connectivity index (χ4v) is 9.28. The van der Waals surface area contributed by atoms with Gasteiger partial charge in [-0.15, -0.1) is 0 Å². The van der Waals surface area contributed by atoms with Gasteiger partial charge in [0.05, 0.1) is 25.4 Å². The third kappa shape index (κ3) is 51.8. The Morgan fingerprint density at radius 1 is 0.415 bits per heavy atom. The van der Waals surface area contributed by atoms with Gasteiger partial charge in [0, 0.05) is 12.8 Å². The molecule has 0 aromatic heterocycles. The lowest BCUT2D eigenvalue weighted by atomic mass is 10.0. The maximum absolute atomic E-state index is 12.4. The van der Waals surface area contributed by atoms with Crippen molar-refractivity contribution >= 4 is 11.9 Å². The second kappa shape index (κ2) is 55.2. The summed E-state index contributed by atoms with van der Waals surface area (Å²) in [6.45, 7) is 4.95. The molecule has 386 valence electrons. The molecule has 6 heteroatoms. The minimum Gasteiger partial charge on any atom is -0.466 e. The molecule has 0 fully saturated rings. The number of nitrogens with one attached hydrogen (secondary N) is 1. The van der Waals surface area contributed by atoms with Crippen LogP contribution < -0.4 is 5.32 Å². The first kappa shape index (κ1) is 63.6. The van der Waals surface area contributed by atoms with Crippen molar-refractivity contribution < 1.29 is 24.5 Å². The zero-order valence-corrected chi connectivity index (χ0v) is 44.0. The van der Waals surface area contributed by atoms with E-state index in [1.165, 1.54) is 250 Å². The Morgan fingerprint density at radius 2 is 0.723 bits per heavy atom. The van der Waals surface area contributed by atoms with Gasteiger partial charge in [-0.3, -0.25) is 9.59 Å². The van der Waals surface area contributed by atoms with Gasteiger partial charge in [-0.25, -0.2) is 0 Å². The van der Waals surface area contributed by atoms with Crippen molar-refractivity contribution in [2.24, 2.45) is 0 Å². The maximum atomic E-state index is 12.4. The van der Waals surface area contributed by atoms with E-state index in [0.29, 0.717) is 25.9 Å². The molecule has 0 bridgehead atoms. The molecule has 0 spiro atoms. The van der Waals surface area contributed by atoms with E-state index in [4.69, 9.17) is 4.74 Å². The summed E-state index contributed by atoms with van der Waals surface area (Å²) < 4.78 is 5.49. The third-order valence-electron chi connectivity index (χ3n) is 13.8. The van der Waals surface area contributed by atoms with Crippen LogP contribution in [0, 0.1) is 0 Å². The van der Waals surface area contributed by atoms with Gasteiger partial charge in [-0.2, -0.15) is 0 Å². The highest BCUT2D eigenvalue weighted by Crippen LogP contribution is 2.18. The Balaban J connectivity index is 3.34. The van der Waals surface area contributed by atoms with Crippen molar-refractivity contribution in [2.45, 2.75) is 341 Å². The number of hydrogen-bond acceptors (Lipinski definition) is 5. The van der Waals surface area contributed by atoms with Crippen molar-refractivity contribution in [3.63, 3.8) is 0 Å². The molecule has 0 aliphatic heterocycles. The second-order valence-corrected chi connectivity index (χ2v) is 20.3. The summed E-state index contributed by atoms with van der Waals surface area (Å²) >= 11 is 0. The molecule has 0 heterocycles. The molecule has 0 rings (SSSR count). The summed E-state index contributed by atoms with van der Waals surface area (Å²) in [6.07, 6.45) is 65.0. The fourth-order valence-electron chi connectivity index (χ4n) is 9.28. The third-order valence-corrected chi connectivity index (χ3v) is 13.8. The van der Waals surface area contributed by atoms with Gasteiger partial charge >= 0.3 is 5.97 Å². The van der Waals surface area contributed by atoms with Gasteiger partial charge in [-0.05, 0) is 51.4 Å². The van der Waals surface area contributed by atoms with Crippen molar-refractivity contribution in [1.29, 1.82) is 0 Å². The highest BCUT2D eigenvalue weighted by molar-refractivity contribution is 5.76. The van der Waals surface area contributed by atoms with Gasteiger partial charge in [0.15, 0.2) is 0 Å². The standard InChI is InChI=1S/C59H115NO5/c1-3-5-7-9-11-13-15-16-17-23-27-30-33-37-41-45-49-53-59(64)65-54-50-46-42-38-34-31-28-25-22-20-18-19-21-24-26-29-32-36-40-44-48-52-58(63)60-56(55-61)57(62)51-47-43-39-35-14-12-10-8-6-4-2/h16-17,56-57,61-62H,3-15,18-55H2,1-2H3,(H,60,63)/b17-16-. The largest absolute Gasteiger partial charge is 0.466 e. The number of ether oxygens (including phenoxy) is 1. The molecule has 0 aliphatic rings. The Kier molecular flexibility index (Phi) is 54.0. The van der Waals surface area contributed by atoms with Crippen molar-refractivity contribution in [2.75, 3.05) is 13.2 Å². The molecule has 0 radical (unpaired) electrons. The maximum Gasteiger partial charge on any atom is 0.305 e. The average molecular weight is 919 g/mol. The van der Waals surface area contributed by atoms with E-state index < -0.39 is 12.1 Å². The molecular formula is C59H115NO5. The number of allylic oxidation sites excluding steroid dienone is 2. The second-order valence-electron chi connectivity index (χ2n) is 20.3. The molecule has 6 nitrogen and oxygen atoms in total. The number of carbonyl (C=O) groups excluding carboxylic acids is 2. The lowest BCUT2D eigenvalue weighted by Crippen LogP contribution is -2.45. The fraction of sp³-hybridized carbons (Fsp3) is 0.932. The van der Waals surface area contributed by atoms with Crippen molar-refractivity contribution in [1.82, 2.24) is 5.32 Å². The van der Waals surface area contributed by atoms with Gasteiger partial charge in [0.2, 0.25) is 5.91 Å². The van der Waals surface area contributed by atoms with Crippen LogP contribution >= 0.6 is 0 Å². The topological polar surface area (TPSA) is 95.9 Å². The lowest BCUT2D eigenvalue weighted by molar-refractivity contribution is -0.143. The highest BCUT2D eigenvalue weighted by atomic mass is 16.5. The van der Waals surface area contributed by atoms with E-state index >= 15 is 0 Å². The molecule has 0 saturated carbocycles. The van der Waals surface area contributed by atoms with E-state index in [-0.39, 0.29) is 18.5 Å². The van der Waals surface area contributed by atoms with Gasteiger partial charge in [0.1, 0.15) is 0 Å². The number of esters is 1. The van der Waals surface area contributed by atoms with Crippen LogP contribution in [0.2, 0.25) is 0 Å². The minimum absolute atomic E-state index is 0.00906. The smallest absolute Gasteiger partial charge is 0.305 e. The molecule has 1 amide bonds. The Labute approximate surface area is 406 Å². The van der Waals surface area contributed by atoms with E-state index in [0.717, 1.165) is 44.9 Å². The van der Waals surface area contributed by atoms with Crippen LogP contribution in [0.4, 0.5) is 0 Å². The first-order valence-electron chi connectivity index (χ1n) is 29.4. The molecule has 3 N–H and O–H groups in total. The normalized spacial score (nSPS) is 12.6. The Bertz CT molecular complexity index is 970. The number of aliphatic hydroxyl groups excluding tert-OH is 2. The van der Waals surface area contributed by atoms with Crippen molar-refractivity contribution in [3.05, 3.63) is 12.2 Å². The van der Waals surface area contributed by atoms with Crippen LogP contribution in [-0.2, 0) is 14.3 Å². The number of unbranched alkanes of at least 4 members (excludes halogenated alkanes) is 42. The monoisotopic (exact) mass is 918 g/mol. The molecule has 2 atom stereocenters. The molecule has 0 aliphatic carbocycles. The SMILES string of the molecule is CCCCCCCC/C=C\CCCCCCCCCC(=O)OCCCCCCCCCCCCCCCCCCCCCCCC(=O)NC(CO)C(O)CCCCCCCCCCCC. The van der Waals surface area contributed by atoms with Gasteiger partial charge in [0.25, 0.3) is 0 Å². The number of amides is 1. The molecule has 2 unspecified atom stereocenters. The van der Waals surface area contributed by atoms with Crippen LogP contribution in [0.25, 0.3) is 0 Å². The quantitative estimate of drug-likeness (QED) is 0.0321. The number of aliphatic hydroxyl groups is 2. The van der Waals surface area contributed by atoms with Crippen LogP contribution in [0.15, 0.2) is 12.2 Å². The van der Waals surface area contributed by atoms with Crippen molar-refractivity contribution in [3.8, 4) is 0 Å². The lowest BCUT2D eigenvalue weighted by Gasteiger charge is -2.22. The van der Waals surface area contributed by atoms with Crippen LogP contribution in [0.3, 0.4) is 0 Å². The first-order chi connectivity index (χ1) is 32.0.